The summed E-state index contributed by atoms with van der Waals surface area (Å²) in [7, 11) is 0. The predicted octanol–water partition coefficient (Wildman–Crippen LogP) is 2.22. The van der Waals surface area contributed by atoms with Gasteiger partial charge in [0.1, 0.15) is 22.1 Å². The van der Waals surface area contributed by atoms with Crippen molar-refractivity contribution in [3.8, 4) is 0 Å². The molecule has 0 radical (unpaired) electrons. The predicted molar refractivity (Wildman–Crippen MR) is 131 cm³/mol. The maximum absolute atomic E-state index is 13.7. The molecule has 186 valence electrons. The number of rotatable bonds is 6. The minimum atomic E-state index is -1.07. The third-order valence-electron chi connectivity index (χ3n) is 5.51. The number of nitrogens with two attached hydrogens (primary N) is 1. The van der Waals surface area contributed by atoms with Crippen LogP contribution in [0.25, 0.3) is 17.5 Å². The van der Waals surface area contributed by atoms with Crippen LogP contribution < -0.4 is 20.5 Å². The van der Waals surface area contributed by atoms with E-state index in [1.807, 2.05) is 0 Å². The molecule has 0 fully saturated rings. The number of fused-ring (bicyclic) bond motifs is 1. The molecule has 2 heterocycles. The highest BCUT2D eigenvalue weighted by atomic mass is 32.1. The SMILES string of the molecule is CCOC(=O)C1=C(N)n2c(s/c(=C\c3ccc(F)cc3)c2=O)=C(C(=O)OCC)C1c1ccc(F)cc1. The number of carbonyl (C=O) groups excluding carboxylic acids is 2. The zero-order chi connectivity index (χ0) is 26.0. The Labute approximate surface area is 208 Å². The van der Waals surface area contributed by atoms with Gasteiger partial charge in [-0.2, -0.15) is 0 Å². The van der Waals surface area contributed by atoms with Gasteiger partial charge in [0.2, 0.25) is 0 Å². The largest absolute Gasteiger partial charge is 0.463 e. The number of benzene rings is 2. The minimum Gasteiger partial charge on any atom is -0.463 e. The molecule has 0 aliphatic carbocycles. The summed E-state index contributed by atoms with van der Waals surface area (Å²) in [6.07, 6.45) is 1.53. The van der Waals surface area contributed by atoms with Crippen molar-refractivity contribution < 1.29 is 27.8 Å². The van der Waals surface area contributed by atoms with Gasteiger partial charge in [-0.05, 0) is 55.3 Å². The lowest BCUT2D eigenvalue weighted by atomic mass is 9.83. The Morgan fingerprint density at radius 1 is 0.944 bits per heavy atom. The second-order valence-electron chi connectivity index (χ2n) is 7.75. The monoisotopic (exact) mass is 512 g/mol. The average Bonchev–Trinajstić information content (AvgIpc) is 3.17. The van der Waals surface area contributed by atoms with E-state index >= 15 is 0 Å². The Kier molecular flexibility index (Phi) is 7.16. The van der Waals surface area contributed by atoms with Crippen LogP contribution in [0.2, 0.25) is 0 Å². The van der Waals surface area contributed by atoms with Crippen LogP contribution in [0.5, 0.6) is 0 Å². The number of esters is 2. The van der Waals surface area contributed by atoms with Crippen molar-refractivity contribution in [3.63, 3.8) is 0 Å². The number of hydrogen-bond acceptors (Lipinski definition) is 7. The van der Waals surface area contributed by atoms with Gasteiger partial charge in [0.05, 0.1) is 34.8 Å². The van der Waals surface area contributed by atoms with Gasteiger partial charge < -0.3 is 15.2 Å². The van der Waals surface area contributed by atoms with E-state index in [0.29, 0.717) is 11.1 Å². The van der Waals surface area contributed by atoms with E-state index < -0.39 is 35.1 Å². The molecule has 1 unspecified atom stereocenters. The van der Waals surface area contributed by atoms with E-state index in [0.717, 1.165) is 15.9 Å². The van der Waals surface area contributed by atoms with E-state index in [-0.39, 0.29) is 39.4 Å². The molecule has 36 heavy (non-hydrogen) atoms. The molecule has 0 spiro atoms. The van der Waals surface area contributed by atoms with Crippen molar-refractivity contribution in [2.24, 2.45) is 5.73 Å². The van der Waals surface area contributed by atoms with Crippen LogP contribution in [0.1, 0.15) is 30.9 Å². The van der Waals surface area contributed by atoms with E-state index in [9.17, 15) is 23.2 Å². The molecule has 1 aromatic heterocycles. The Morgan fingerprint density at radius 3 is 2.03 bits per heavy atom. The lowest BCUT2D eigenvalue weighted by Gasteiger charge is -2.27. The summed E-state index contributed by atoms with van der Waals surface area (Å²) < 4.78 is 39.0. The third kappa shape index (κ3) is 4.59. The van der Waals surface area contributed by atoms with Crippen molar-refractivity contribution >= 4 is 40.7 Å². The second kappa shape index (κ2) is 10.3. The lowest BCUT2D eigenvalue weighted by molar-refractivity contribution is -0.138. The van der Waals surface area contributed by atoms with Crippen molar-refractivity contribution in [2.75, 3.05) is 13.2 Å². The first kappa shape index (κ1) is 25.1. The van der Waals surface area contributed by atoms with Gasteiger partial charge in [-0.15, -0.1) is 11.3 Å². The Bertz CT molecular complexity index is 1540. The number of carbonyl (C=O) groups is 2. The van der Waals surface area contributed by atoms with E-state index in [2.05, 4.69) is 0 Å². The maximum atomic E-state index is 13.7. The van der Waals surface area contributed by atoms with E-state index in [1.54, 1.807) is 13.8 Å². The summed E-state index contributed by atoms with van der Waals surface area (Å²) >= 11 is 0.979. The van der Waals surface area contributed by atoms with E-state index in [4.69, 9.17) is 15.2 Å². The summed E-state index contributed by atoms with van der Waals surface area (Å²) in [6, 6.07) is 10.8. The van der Waals surface area contributed by atoms with Crippen LogP contribution in [0, 0.1) is 11.6 Å². The lowest BCUT2D eigenvalue weighted by Crippen LogP contribution is -2.42. The first-order chi connectivity index (χ1) is 17.3. The van der Waals surface area contributed by atoms with Gasteiger partial charge in [0.25, 0.3) is 5.56 Å². The molecular formula is C26H22F2N2O5S. The van der Waals surface area contributed by atoms with Crippen molar-refractivity contribution in [1.29, 1.82) is 0 Å². The highest BCUT2D eigenvalue weighted by Crippen LogP contribution is 2.37. The van der Waals surface area contributed by atoms with Gasteiger partial charge in [-0.1, -0.05) is 24.3 Å². The Morgan fingerprint density at radius 2 is 1.47 bits per heavy atom. The molecule has 1 atom stereocenters. The first-order valence-corrected chi connectivity index (χ1v) is 11.9. The number of ether oxygens (including phenoxy) is 2. The average molecular weight is 513 g/mol. The van der Waals surface area contributed by atoms with Gasteiger partial charge in [-0.25, -0.2) is 18.4 Å². The Balaban J connectivity index is 2.10. The van der Waals surface area contributed by atoms with Crippen molar-refractivity contribution in [2.45, 2.75) is 19.8 Å². The topological polar surface area (TPSA) is 101 Å². The second-order valence-corrected chi connectivity index (χ2v) is 8.78. The number of nitrogens with zero attached hydrogens (tertiary/aromatic N) is 1. The number of aromatic nitrogens is 1. The fraction of sp³-hybridized carbons (Fsp3) is 0.192. The number of hydrogen-bond donors (Lipinski definition) is 1. The van der Waals surface area contributed by atoms with Crippen molar-refractivity contribution in [3.05, 3.63) is 96.4 Å². The molecule has 2 aromatic carbocycles. The fourth-order valence-electron chi connectivity index (χ4n) is 3.96. The van der Waals surface area contributed by atoms with Crippen LogP contribution in [-0.2, 0) is 19.1 Å². The van der Waals surface area contributed by atoms with Gasteiger partial charge in [0.15, 0.2) is 0 Å². The number of halogens is 2. The fourth-order valence-corrected chi connectivity index (χ4v) is 5.13. The molecule has 0 saturated heterocycles. The maximum Gasteiger partial charge on any atom is 0.338 e. The quantitative estimate of drug-likeness (QED) is 0.509. The summed E-state index contributed by atoms with van der Waals surface area (Å²) in [5.41, 5.74) is 6.63. The Hall–Kier alpha value is -4.05. The van der Waals surface area contributed by atoms with Gasteiger partial charge >= 0.3 is 11.9 Å². The third-order valence-corrected chi connectivity index (χ3v) is 6.62. The summed E-state index contributed by atoms with van der Waals surface area (Å²) in [5, 5.41) is 0. The van der Waals surface area contributed by atoms with Crippen LogP contribution >= 0.6 is 11.3 Å². The molecule has 10 heteroatoms. The minimum absolute atomic E-state index is 0.00145. The van der Waals surface area contributed by atoms with Crippen LogP contribution in [-0.4, -0.2) is 29.7 Å². The zero-order valence-corrected chi connectivity index (χ0v) is 20.2. The molecule has 1 aliphatic rings. The molecular weight excluding hydrogens is 490 g/mol. The van der Waals surface area contributed by atoms with E-state index in [1.165, 1.54) is 54.6 Å². The molecule has 0 bridgehead atoms. The van der Waals surface area contributed by atoms with Crippen molar-refractivity contribution in [1.82, 2.24) is 4.57 Å². The molecule has 0 saturated carbocycles. The molecule has 2 N–H and O–H groups in total. The smallest absolute Gasteiger partial charge is 0.338 e. The summed E-state index contributed by atoms with van der Waals surface area (Å²) in [4.78, 5) is 39.8. The van der Waals surface area contributed by atoms with Crippen LogP contribution in [0.4, 0.5) is 8.78 Å². The van der Waals surface area contributed by atoms with Gasteiger partial charge in [-0.3, -0.25) is 9.36 Å². The zero-order valence-electron chi connectivity index (χ0n) is 19.4. The normalized spacial score (nSPS) is 15.6. The summed E-state index contributed by atoms with van der Waals surface area (Å²) in [5.74, 6) is -3.79. The number of thiazole rings is 1. The molecule has 3 aromatic rings. The van der Waals surface area contributed by atoms with Gasteiger partial charge in [0, 0.05) is 0 Å². The molecule has 1 aliphatic heterocycles. The highest BCUT2D eigenvalue weighted by molar-refractivity contribution is 7.07. The molecule has 4 rings (SSSR count). The molecule has 0 amide bonds. The van der Waals surface area contributed by atoms with Crippen LogP contribution in [0.3, 0.4) is 0 Å². The summed E-state index contributed by atoms with van der Waals surface area (Å²) in [6.45, 7) is 3.30. The standard InChI is InChI=1S/C26H22F2N2O5S/c1-3-34-25(32)20-19(15-7-11-17(28)12-8-15)21(26(33)35-4-2)24-30(22(20)29)23(31)18(36-24)13-14-5-9-16(27)10-6-14/h5-13,19H,3-4,29H2,1-2H3/b18-13-. The molecule has 7 nitrogen and oxygen atoms in total. The first-order valence-electron chi connectivity index (χ1n) is 11.1. The van der Waals surface area contributed by atoms with Crippen LogP contribution in [0.15, 0.2) is 58.9 Å². The highest BCUT2D eigenvalue weighted by Gasteiger charge is 2.39.